The number of nitrogens with one attached hydrogen (secondary N) is 1. The highest BCUT2D eigenvalue weighted by Gasteiger charge is 2.17. The van der Waals surface area contributed by atoms with Gasteiger partial charge in [0.25, 0.3) is 0 Å². The van der Waals surface area contributed by atoms with E-state index in [2.05, 4.69) is 85.4 Å². The molecule has 0 radical (unpaired) electrons. The Morgan fingerprint density at radius 1 is 0.846 bits per heavy atom. The summed E-state index contributed by atoms with van der Waals surface area (Å²) >= 11 is 1.72. The molecular weight excluding hydrogens is 338 g/mol. The lowest BCUT2D eigenvalue weighted by Crippen LogP contribution is -1.99. The van der Waals surface area contributed by atoms with E-state index in [1.54, 1.807) is 17.7 Å². The number of aromatic nitrogens is 2. The van der Waals surface area contributed by atoms with Crippen LogP contribution in [0, 0.1) is 27.7 Å². The van der Waals surface area contributed by atoms with Crippen LogP contribution in [-0.4, -0.2) is 9.97 Å². The fourth-order valence-electron chi connectivity index (χ4n) is 3.34. The van der Waals surface area contributed by atoms with E-state index in [1.165, 1.54) is 32.7 Å². The zero-order valence-corrected chi connectivity index (χ0v) is 16.2. The third-order valence-electron chi connectivity index (χ3n) is 4.73. The van der Waals surface area contributed by atoms with Gasteiger partial charge < -0.3 is 5.32 Å². The molecule has 0 aliphatic rings. The van der Waals surface area contributed by atoms with Crippen molar-refractivity contribution in [2.24, 2.45) is 0 Å². The first kappa shape index (κ1) is 16.7. The van der Waals surface area contributed by atoms with Gasteiger partial charge in [-0.25, -0.2) is 9.97 Å². The number of rotatable bonds is 3. The van der Waals surface area contributed by atoms with Gasteiger partial charge in [0.1, 0.15) is 17.0 Å². The lowest BCUT2D eigenvalue weighted by Gasteiger charge is -2.13. The molecule has 0 aliphatic heterocycles. The summed E-state index contributed by atoms with van der Waals surface area (Å²) in [5, 5.41) is 4.67. The van der Waals surface area contributed by atoms with Crippen LogP contribution in [0.2, 0.25) is 0 Å². The van der Waals surface area contributed by atoms with Crippen LogP contribution in [-0.2, 0) is 0 Å². The van der Waals surface area contributed by atoms with Crippen molar-refractivity contribution in [1.82, 2.24) is 9.97 Å². The fourth-order valence-corrected chi connectivity index (χ4v) is 4.35. The van der Waals surface area contributed by atoms with Gasteiger partial charge in [0, 0.05) is 16.1 Å². The summed E-state index contributed by atoms with van der Waals surface area (Å²) in [5.74, 6) is 0.868. The molecule has 0 atom stereocenters. The molecule has 26 heavy (non-hydrogen) atoms. The van der Waals surface area contributed by atoms with E-state index in [4.69, 9.17) is 0 Å². The van der Waals surface area contributed by atoms with Crippen LogP contribution in [0.4, 0.5) is 11.5 Å². The minimum absolute atomic E-state index is 0.868. The molecule has 130 valence electrons. The standard InChI is InChI=1S/C22H21N3S/c1-13-8-10-17(11-9-13)18-16(4)26-22-19(18)21(23-12-24-22)25-20-14(2)6-5-7-15(20)3/h5-12H,1-4H3,(H,23,24,25). The van der Waals surface area contributed by atoms with Gasteiger partial charge in [-0.05, 0) is 44.4 Å². The second-order valence-corrected chi connectivity index (χ2v) is 7.90. The zero-order valence-electron chi connectivity index (χ0n) is 15.4. The predicted octanol–water partition coefficient (Wildman–Crippen LogP) is 6.34. The van der Waals surface area contributed by atoms with Crippen LogP contribution in [0.25, 0.3) is 21.3 Å². The second kappa shape index (κ2) is 6.54. The van der Waals surface area contributed by atoms with E-state index in [0.717, 1.165) is 21.7 Å². The Balaban J connectivity index is 1.92. The van der Waals surface area contributed by atoms with Gasteiger partial charge in [0.05, 0.1) is 5.39 Å². The Morgan fingerprint density at radius 3 is 2.23 bits per heavy atom. The van der Waals surface area contributed by atoms with Crippen LogP contribution >= 0.6 is 11.3 Å². The first-order valence-corrected chi connectivity index (χ1v) is 9.50. The van der Waals surface area contributed by atoms with E-state index in [9.17, 15) is 0 Å². The second-order valence-electron chi connectivity index (χ2n) is 6.69. The SMILES string of the molecule is Cc1ccc(-c2c(C)sc3ncnc(Nc4c(C)cccc4C)c23)cc1. The molecule has 0 amide bonds. The molecule has 0 fully saturated rings. The summed E-state index contributed by atoms with van der Waals surface area (Å²) in [5.41, 5.74) is 7.22. The fraction of sp³-hybridized carbons (Fsp3) is 0.182. The normalized spacial score (nSPS) is 11.1. The summed E-state index contributed by atoms with van der Waals surface area (Å²) in [7, 11) is 0. The molecule has 2 heterocycles. The lowest BCUT2D eigenvalue weighted by molar-refractivity contribution is 1.22. The van der Waals surface area contributed by atoms with Gasteiger partial charge in [-0.3, -0.25) is 0 Å². The van der Waals surface area contributed by atoms with Crippen molar-refractivity contribution in [2.45, 2.75) is 27.7 Å². The Kier molecular flexibility index (Phi) is 4.21. The Bertz CT molecular complexity index is 1070. The molecule has 4 aromatic rings. The maximum atomic E-state index is 4.59. The van der Waals surface area contributed by atoms with Crippen LogP contribution in [0.3, 0.4) is 0 Å². The first-order valence-electron chi connectivity index (χ1n) is 8.69. The van der Waals surface area contributed by atoms with E-state index >= 15 is 0 Å². The molecule has 0 aliphatic carbocycles. The zero-order chi connectivity index (χ0) is 18.3. The van der Waals surface area contributed by atoms with Crippen molar-refractivity contribution in [3.05, 3.63) is 70.4 Å². The minimum atomic E-state index is 0.868. The monoisotopic (exact) mass is 359 g/mol. The molecule has 0 saturated heterocycles. The highest BCUT2D eigenvalue weighted by atomic mass is 32.1. The van der Waals surface area contributed by atoms with Crippen molar-refractivity contribution >= 4 is 33.1 Å². The predicted molar refractivity (Wildman–Crippen MR) is 112 cm³/mol. The molecule has 4 heteroatoms. The maximum Gasteiger partial charge on any atom is 0.143 e. The molecule has 0 unspecified atom stereocenters. The highest BCUT2D eigenvalue weighted by molar-refractivity contribution is 7.19. The van der Waals surface area contributed by atoms with Crippen LogP contribution in [0.5, 0.6) is 0 Å². The smallest absolute Gasteiger partial charge is 0.143 e. The van der Waals surface area contributed by atoms with Crippen molar-refractivity contribution in [3.63, 3.8) is 0 Å². The minimum Gasteiger partial charge on any atom is -0.339 e. The Labute approximate surface area is 157 Å². The van der Waals surface area contributed by atoms with Gasteiger partial charge in [-0.2, -0.15) is 0 Å². The number of aryl methyl sites for hydroxylation is 4. The van der Waals surface area contributed by atoms with Gasteiger partial charge in [-0.15, -0.1) is 11.3 Å². The summed E-state index contributed by atoms with van der Waals surface area (Å²) in [4.78, 5) is 11.4. The molecule has 4 rings (SSSR count). The number of hydrogen-bond acceptors (Lipinski definition) is 4. The number of benzene rings is 2. The number of fused-ring (bicyclic) bond motifs is 1. The van der Waals surface area contributed by atoms with E-state index in [1.807, 2.05) is 0 Å². The molecule has 1 N–H and O–H groups in total. The number of nitrogens with zero attached hydrogens (tertiary/aromatic N) is 2. The summed E-state index contributed by atoms with van der Waals surface area (Å²) in [6.45, 7) is 8.50. The molecule has 2 aromatic heterocycles. The molecule has 0 spiro atoms. The van der Waals surface area contributed by atoms with Crippen molar-refractivity contribution in [1.29, 1.82) is 0 Å². The molecular formula is C22H21N3S. The maximum absolute atomic E-state index is 4.59. The summed E-state index contributed by atoms with van der Waals surface area (Å²) in [6.07, 6.45) is 1.65. The number of para-hydroxylation sites is 1. The van der Waals surface area contributed by atoms with Gasteiger partial charge in [-0.1, -0.05) is 48.0 Å². The van der Waals surface area contributed by atoms with Crippen LogP contribution < -0.4 is 5.32 Å². The number of hydrogen-bond donors (Lipinski definition) is 1. The van der Waals surface area contributed by atoms with Crippen molar-refractivity contribution in [3.8, 4) is 11.1 Å². The molecule has 0 bridgehead atoms. The van der Waals surface area contributed by atoms with Crippen molar-refractivity contribution < 1.29 is 0 Å². The first-order chi connectivity index (χ1) is 12.5. The topological polar surface area (TPSA) is 37.8 Å². The van der Waals surface area contributed by atoms with E-state index < -0.39 is 0 Å². The molecule has 3 nitrogen and oxygen atoms in total. The Hall–Kier alpha value is -2.72. The quantitative estimate of drug-likeness (QED) is 0.464. The number of anilines is 2. The summed E-state index contributed by atoms with van der Waals surface area (Å²) < 4.78 is 0. The number of thiophene rings is 1. The van der Waals surface area contributed by atoms with Crippen LogP contribution in [0.15, 0.2) is 48.8 Å². The van der Waals surface area contributed by atoms with E-state index in [0.29, 0.717) is 0 Å². The van der Waals surface area contributed by atoms with Gasteiger partial charge >= 0.3 is 0 Å². The molecule has 2 aromatic carbocycles. The molecule has 0 saturated carbocycles. The Morgan fingerprint density at radius 2 is 1.54 bits per heavy atom. The van der Waals surface area contributed by atoms with Crippen molar-refractivity contribution in [2.75, 3.05) is 5.32 Å². The highest BCUT2D eigenvalue weighted by Crippen LogP contribution is 2.41. The third kappa shape index (κ3) is 2.86. The average molecular weight is 359 g/mol. The average Bonchev–Trinajstić information content (AvgIpc) is 2.96. The van der Waals surface area contributed by atoms with Gasteiger partial charge in [0.2, 0.25) is 0 Å². The third-order valence-corrected chi connectivity index (χ3v) is 5.74. The largest absolute Gasteiger partial charge is 0.339 e. The van der Waals surface area contributed by atoms with Crippen LogP contribution in [0.1, 0.15) is 21.6 Å². The van der Waals surface area contributed by atoms with E-state index in [-0.39, 0.29) is 0 Å². The summed E-state index contributed by atoms with van der Waals surface area (Å²) in [6, 6.07) is 15.0. The lowest BCUT2D eigenvalue weighted by atomic mass is 10.0. The van der Waals surface area contributed by atoms with Gasteiger partial charge in [0.15, 0.2) is 0 Å².